The second-order valence-corrected chi connectivity index (χ2v) is 14.8. The van der Waals surface area contributed by atoms with Crippen molar-refractivity contribution in [2.75, 3.05) is 38.0 Å². The SMILES string of the molecule is Cc1cc(CC(OC(=O)N2CCC(N3CCc4ccccc4NC3=O)CC2)C(=O)CCC2CCCC(N3CCCC(O)C3)CC2)ccc1O. The minimum absolute atomic E-state index is 0.0231. The number of aromatic hydroxyl groups is 1. The van der Waals surface area contributed by atoms with E-state index in [2.05, 4.69) is 10.2 Å². The molecule has 3 amide bonds. The highest BCUT2D eigenvalue weighted by atomic mass is 16.6. The molecule has 10 heteroatoms. The number of anilines is 1. The molecule has 2 aromatic carbocycles. The van der Waals surface area contributed by atoms with E-state index in [-0.39, 0.29) is 36.1 Å². The van der Waals surface area contributed by atoms with Gasteiger partial charge in [0.1, 0.15) is 5.75 Å². The number of β-amino-alcohol motifs (C(OH)–C–C–N with tert-alkyl or cyclic N) is 1. The second-order valence-electron chi connectivity index (χ2n) is 14.8. The van der Waals surface area contributed by atoms with Crippen molar-refractivity contribution in [3.05, 3.63) is 59.2 Å². The molecular weight excluding hydrogens is 620 g/mol. The van der Waals surface area contributed by atoms with Gasteiger partial charge >= 0.3 is 12.1 Å². The number of benzene rings is 2. The predicted molar refractivity (Wildman–Crippen MR) is 189 cm³/mol. The Bertz CT molecular complexity index is 1460. The lowest BCUT2D eigenvalue weighted by atomic mass is 9.91. The Morgan fingerprint density at radius 3 is 2.55 bits per heavy atom. The molecule has 1 aliphatic carbocycles. The Morgan fingerprint density at radius 2 is 1.76 bits per heavy atom. The number of ether oxygens (including phenoxy) is 1. The molecule has 0 radical (unpaired) electrons. The maximum absolute atomic E-state index is 13.8. The lowest BCUT2D eigenvalue weighted by Crippen LogP contribution is -2.50. The zero-order valence-electron chi connectivity index (χ0n) is 29.0. The van der Waals surface area contributed by atoms with Crippen molar-refractivity contribution < 1.29 is 29.3 Å². The van der Waals surface area contributed by atoms with Crippen molar-refractivity contribution in [2.24, 2.45) is 5.92 Å². The maximum Gasteiger partial charge on any atom is 0.410 e. The lowest BCUT2D eigenvalue weighted by molar-refractivity contribution is -0.128. The molecular formula is C39H54N4O6. The van der Waals surface area contributed by atoms with Gasteiger partial charge in [0.25, 0.3) is 0 Å². The first kappa shape index (κ1) is 35.2. The number of nitrogens with one attached hydrogen (secondary N) is 1. The van der Waals surface area contributed by atoms with Gasteiger partial charge in [0, 0.05) is 56.8 Å². The number of phenolic OH excluding ortho intramolecular Hbond substituents is 1. The smallest absolute Gasteiger partial charge is 0.410 e. The summed E-state index contributed by atoms with van der Waals surface area (Å²) in [7, 11) is 0. The van der Waals surface area contributed by atoms with E-state index in [4.69, 9.17) is 4.74 Å². The summed E-state index contributed by atoms with van der Waals surface area (Å²) in [5.41, 5.74) is 3.54. The number of aliphatic hydroxyl groups is 1. The van der Waals surface area contributed by atoms with Crippen molar-refractivity contribution in [1.29, 1.82) is 0 Å². The number of aryl methyl sites for hydroxylation is 1. The first-order valence-corrected chi connectivity index (χ1v) is 18.6. The molecule has 3 fully saturated rings. The van der Waals surface area contributed by atoms with Crippen LogP contribution in [0.15, 0.2) is 42.5 Å². The fourth-order valence-electron chi connectivity index (χ4n) is 8.41. The third-order valence-corrected chi connectivity index (χ3v) is 11.4. The van der Waals surface area contributed by atoms with E-state index >= 15 is 0 Å². The van der Waals surface area contributed by atoms with Gasteiger partial charge in [-0.3, -0.25) is 9.69 Å². The molecule has 0 bridgehead atoms. The van der Waals surface area contributed by atoms with Gasteiger partial charge < -0.3 is 30.1 Å². The van der Waals surface area contributed by atoms with Crippen LogP contribution in [0, 0.1) is 12.8 Å². The number of carbonyl (C=O) groups is 3. The normalized spacial score (nSPS) is 24.7. The summed E-state index contributed by atoms with van der Waals surface area (Å²) in [6.45, 7) is 5.20. The molecule has 4 aliphatic rings. The molecule has 2 saturated heterocycles. The molecule has 266 valence electrons. The number of carbonyl (C=O) groups excluding carboxylic acids is 3. The summed E-state index contributed by atoms with van der Waals surface area (Å²) in [5.74, 6) is 0.591. The van der Waals surface area contributed by atoms with Gasteiger partial charge in [-0.25, -0.2) is 9.59 Å². The number of piperidine rings is 2. The van der Waals surface area contributed by atoms with Gasteiger partial charge in [0.15, 0.2) is 11.9 Å². The summed E-state index contributed by atoms with van der Waals surface area (Å²) in [6, 6.07) is 13.6. The van der Waals surface area contributed by atoms with E-state index in [1.807, 2.05) is 42.2 Å². The molecule has 3 aliphatic heterocycles. The predicted octanol–water partition coefficient (Wildman–Crippen LogP) is 6.06. The molecule has 0 aromatic heterocycles. The van der Waals surface area contributed by atoms with Crippen molar-refractivity contribution >= 4 is 23.6 Å². The monoisotopic (exact) mass is 674 g/mol. The molecule has 10 nitrogen and oxygen atoms in total. The fourth-order valence-corrected chi connectivity index (χ4v) is 8.41. The van der Waals surface area contributed by atoms with E-state index in [0.29, 0.717) is 56.4 Å². The van der Waals surface area contributed by atoms with Crippen LogP contribution < -0.4 is 5.32 Å². The number of amides is 3. The fraction of sp³-hybridized carbons (Fsp3) is 0.615. The first-order chi connectivity index (χ1) is 23.7. The van der Waals surface area contributed by atoms with Crippen molar-refractivity contribution in [1.82, 2.24) is 14.7 Å². The Hall–Kier alpha value is -3.63. The number of fused-ring (bicyclic) bond motifs is 1. The third kappa shape index (κ3) is 9.14. The highest BCUT2D eigenvalue weighted by molar-refractivity contribution is 5.91. The molecule has 4 atom stereocenters. The van der Waals surface area contributed by atoms with Crippen molar-refractivity contribution in [3.8, 4) is 5.75 Å². The van der Waals surface area contributed by atoms with Gasteiger partial charge in [0.05, 0.1) is 6.10 Å². The van der Waals surface area contributed by atoms with Crippen LogP contribution in [0.5, 0.6) is 5.75 Å². The van der Waals surface area contributed by atoms with Crippen LogP contribution >= 0.6 is 0 Å². The van der Waals surface area contributed by atoms with Gasteiger partial charge in [-0.1, -0.05) is 43.2 Å². The van der Waals surface area contributed by atoms with E-state index in [1.165, 1.54) is 0 Å². The number of Topliss-reactive ketones (excluding diaryl/α,β-unsaturated/α-hetero) is 1. The van der Waals surface area contributed by atoms with Gasteiger partial charge in [-0.15, -0.1) is 0 Å². The summed E-state index contributed by atoms with van der Waals surface area (Å²) >= 11 is 0. The molecule has 6 rings (SSSR count). The summed E-state index contributed by atoms with van der Waals surface area (Å²) < 4.78 is 6.01. The van der Waals surface area contributed by atoms with Gasteiger partial charge in [-0.2, -0.15) is 0 Å². The Kier molecular flexibility index (Phi) is 11.8. The molecule has 3 N–H and O–H groups in total. The van der Waals surface area contributed by atoms with E-state index in [1.54, 1.807) is 17.0 Å². The number of aliphatic hydroxyl groups excluding tert-OH is 1. The average Bonchev–Trinajstić information content (AvgIpc) is 3.44. The highest BCUT2D eigenvalue weighted by Gasteiger charge is 2.34. The van der Waals surface area contributed by atoms with Crippen LogP contribution in [0.4, 0.5) is 15.3 Å². The Morgan fingerprint density at radius 1 is 0.939 bits per heavy atom. The third-order valence-electron chi connectivity index (χ3n) is 11.4. The number of urea groups is 1. The highest BCUT2D eigenvalue weighted by Crippen LogP contribution is 2.31. The molecule has 3 heterocycles. The molecule has 49 heavy (non-hydrogen) atoms. The van der Waals surface area contributed by atoms with Crippen LogP contribution in [-0.4, -0.2) is 99.8 Å². The molecule has 4 unspecified atom stereocenters. The zero-order chi connectivity index (χ0) is 34.3. The van der Waals surface area contributed by atoms with E-state index in [0.717, 1.165) is 87.7 Å². The van der Waals surface area contributed by atoms with E-state index in [9.17, 15) is 24.6 Å². The van der Waals surface area contributed by atoms with Gasteiger partial charge in [-0.05, 0) is 106 Å². The number of hydrogen-bond donors (Lipinski definition) is 3. The molecule has 2 aromatic rings. The minimum atomic E-state index is -0.905. The standard InChI is InChI=1S/C39H54N4O6/c1-27-24-29(13-15-35(27)45)25-37(36(46)16-12-28-6-4-8-31(14-11-28)42-20-5-9-33(44)26-42)49-39(48)41-21-18-32(19-22-41)43-23-17-30-7-2-3-10-34(30)40-38(43)47/h2-3,7,10,13,15,24,28,31-33,37,44-45H,4-6,8-9,11-12,14,16-23,25-26H2,1H3,(H,40,47). The Balaban J connectivity index is 1.03. The lowest BCUT2D eigenvalue weighted by Gasteiger charge is -2.37. The van der Waals surface area contributed by atoms with Crippen LogP contribution in [-0.2, 0) is 22.4 Å². The topological polar surface area (TPSA) is 123 Å². The van der Waals surface area contributed by atoms with E-state index < -0.39 is 12.2 Å². The number of phenols is 1. The quantitative estimate of drug-likeness (QED) is 0.277. The summed E-state index contributed by atoms with van der Waals surface area (Å²) in [4.78, 5) is 46.4. The Labute approximate surface area is 290 Å². The second kappa shape index (κ2) is 16.4. The number of para-hydroxylation sites is 1. The van der Waals surface area contributed by atoms with Crippen molar-refractivity contribution in [2.45, 2.75) is 115 Å². The molecule has 0 spiro atoms. The average molecular weight is 675 g/mol. The molecule has 1 saturated carbocycles. The van der Waals surface area contributed by atoms with Crippen LogP contribution in [0.25, 0.3) is 0 Å². The van der Waals surface area contributed by atoms with Gasteiger partial charge in [0.2, 0.25) is 0 Å². The zero-order valence-corrected chi connectivity index (χ0v) is 29.0. The minimum Gasteiger partial charge on any atom is -0.508 e. The number of rotatable bonds is 9. The number of ketones is 1. The van der Waals surface area contributed by atoms with Crippen LogP contribution in [0.3, 0.4) is 0 Å². The van der Waals surface area contributed by atoms with Crippen LogP contribution in [0.2, 0.25) is 0 Å². The largest absolute Gasteiger partial charge is 0.508 e. The van der Waals surface area contributed by atoms with Crippen molar-refractivity contribution in [3.63, 3.8) is 0 Å². The van der Waals surface area contributed by atoms with Crippen LogP contribution in [0.1, 0.15) is 87.3 Å². The first-order valence-electron chi connectivity index (χ1n) is 18.6. The number of likely N-dealkylation sites (tertiary alicyclic amines) is 2. The summed E-state index contributed by atoms with van der Waals surface area (Å²) in [5, 5.41) is 23.3. The number of nitrogens with zero attached hydrogens (tertiary/aromatic N) is 3. The number of hydrogen-bond acceptors (Lipinski definition) is 7. The maximum atomic E-state index is 13.8. The summed E-state index contributed by atoms with van der Waals surface area (Å²) in [6.07, 6.45) is 9.36.